The molecule has 2 aromatic rings. The summed E-state index contributed by atoms with van der Waals surface area (Å²) in [5.74, 6) is -1.26. The Bertz CT molecular complexity index is 1320. The molecule has 260 valence electrons. The van der Waals surface area contributed by atoms with Gasteiger partial charge in [-0.25, -0.2) is 4.98 Å². The molecule has 0 spiro atoms. The topological polar surface area (TPSA) is 161 Å². The lowest BCUT2D eigenvalue weighted by Crippen LogP contribution is -2.57. The number of thiazole rings is 1. The largest absolute Gasteiger partial charge is 0.391 e. The van der Waals surface area contributed by atoms with E-state index in [1.165, 1.54) is 4.90 Å². The maximum atomic E-state index is 13.9. The summed E-state index contributed by atoms with van der Waals surface area (Å²) < 4.78 is 0. The number of hydrogen-bond donors (Lipinski definition) is 5. The van der Waals surface area contributed by atoms with E-state index in [1.54, 1.807) is 11.3 Å². The lowest BCUT2D eigenvalue weighted by atomic mass is 9.85. The van der Waals surface area contributed by atoms with Gasteiger partial charge in [-0.15, -0.1) is 11.3 Å². The summed E-state index contributed by atoms with van der Waals surface area (Å²) >= 11 is 1.58. The monoisotopic (exact) mass is 671 g/mol. The third-order valence-electron chi connectivity index (χ3n) is 8.61. The van der Waals surface area contributed by atoms with E-state index in [9.17, 15) is 24.3 Å². The molecule has 0 radical (unpaired) electrons. The van der Waals surface area contributed by atoms with Gasteiger partial charge in [0, 0.05) is 25.9 Å². The molecule has 12 heteroatoms. The first-order valence-electron chi connectivity index (χ1n) is 16.8. The van der Waals surface area contributed by atoms with Crippen molar-refractivity contribution >= 4 is 35.0 Å². The van der Waals surface area contributed by atoms with Crippen molar-refractivity contribution in [3.8, 4) is 10.4 Å². The number of carbonyl (C=O) groups excluding carboxylic acids is 4. The summed E-state index contributed by atoms with van der Waals surface area (Å²) in [5.41, 5.74) is 4.17. The molecule has 47 heavy (non-hydrogen) atoms. The number of aryl methyl sites for hydroxylation is 1. The highest BCUT2D eigenvalue weighted by Crippen LogP contribution is 2.29. The zero-order chi connectivity index (χ0) is 34.6. The lowest BCUT2D eigenvalue weighted by molar-refractivity contribution is -0.144. The third-order valence-corrected chi connectivity index (χ3v) is 9.58. The standard InChI is InChI=1S/C35H53N5O6S/c1-23(25-14-16-26(17-15-25)31-24(2)37-22-47-31)38-33(45)28-19-27(42)20-40(28)34(46)32(35(3,4)5)39-29(43)13-11-9-7-6-8-10-12-18-36-30(44)21-41/h14-17,22-23,27-28,32,41-42H,6-13,18-21H2,1-5H3,(H,36,44)(H,38,45)(H,39,43)/t23-,27+,28-,32+/m0/s1. The molecule has 1 aliphatic rings. The Labute approximate surface area is 282 Å². The molecule has 0 saturated carbocycles. The van der Waals surface area contributed by atoms with Crippen molar-refractivity contribution in [1.29, 1.82) is 0 Å². The smallest absolute Gasteiger partial charge is 0.246 e. The van der Waals surface area contributed by atoms with Crippen molar-refractivity contribution in [2.75, 3.05) is 19.7 Å². The number of aliphatic hydroxyl groups excluding tert-OH is 2. The molecule has 0 unspecified atom stereocenters. The number of amides is 4. The van der Waals surface area contributed by atoms with Crippen LogP contribution >= 0.6 is 11.3 Å². The van der Waals surface area contributed by atoms with Crippen LogP contribution in [0.5, 0.6) is 0 Å². The minimum atomic E-state index is -0.845. The predicted molar refractivity (Wildman–Crippen MR) is 183 cm³/mol. The number of nitrogens with zero attached hydrogens (tertiary/aromatic N) is 2. The van der Waals surface area contributed by atoms with E-state index in [0.717, 1.165) is 60.2 Å². The first-order valence-corrected chi connectivity index (χ1v) is 17.7. The van der Waals surface area contributed by atoms with Gasteiger partial charge in [0.15, 0.2) is 0 Å². The number of β-amino-alcohol motifs (C(OH)–C–C–N with tert-alkyl or cyclic N) is 1. The quantitative estimate of drug-likeness (QED) is 0.159. The maximum Gasteiger partial charge on any atom is 0.246 e. The Balaban J connectivity index is 1.49. The minimum absolute atomic E-state index is 0.0322. The molecule has 4 atom stereocenters. The molecule has 1 aliphatic heterocycles. The van der Waals surface area contributed by atoms with Gasteiger partial charge < -0.3 is 31.1 Å². The van der Waals surface area contributed by atoms with Gasteiger partial charge in [0.05, 0.1) is 28.2 Å². The lowest BCUT2D eigenvalue weighted by Gasteiger charge is -2.35. The molecule has 0 aliphatic carbocycles. The van der Waals surface area contributed by atoms with Gasteiger partial charge in [-0.05, 0) is 43.2 Å². The molecule has 1 fully saturated rings. The Morgan fingerprint density at radius 1 is 0.979 bits per heavy atom. The summed E-state index contributed by atoms with van der Waals surface area (Å²) in [4.78, 5) is 58.2. The van der Waals surface area contributed by atoms with Crippen LogP contribution in [0.1, 0.15) is 103 Å². The number of rotatable bonds is 17. The summed E-state index contributed by atoms with van der Waals surface area (Å²) in [6, 6.07) is 5.97. The molecule has 1 saturated heterocycles. The fourth-order valence-electron chi connectivity index (χ4n) is 5.83. The van der Waals surface area contributed by atoms with Crippen molar-refractivity contribution < 1.29 is 29.4 Å². The average Bonchev–Trinajstić information content (AvgIpc) is 3.64. The predicted octanol–water partition coefficient (Wildman–Crippen LogP) is 4.02. The second kappa shape index (κ2) is 18.3. The molecule has 2 heterocycles. The Kier molecular flexibility index (Phi) is 14.8. The zero-order valence-corrected chi connectivity index (χ0v) is 29.3. The van der Waals surface area contributed by atoms with Crippen LogP contribution in [0, 0.1) is 12.3 Å². The number of unbranched alkanes of at least 4 members (excludes halogenated alkanes) is 6. The minimum Gasteiger partial charge on any atom is -0.391 e. The van der Waals surface area contributed by atoms with Gasteiger partial charge in [0.25, 0.3) is 0 Å². The van der Waals surface area contributed by atoms with Crippen molar-refractivity contribution in [3.63, 3.8) is 0 Å². The second-order valence-electron chi connectivity index (χ2n) is 13.6. The first-order chi connectivity index (χ1) is 22.3. The summed E-state index contributed by atoms with van der Waals surface area (Å²) in [7, 11) is 0. The first kappa shape index (κ1) is 38.1. The van der Waals surface area contributed by atoms with E-state index in [2.05, 4.69) is 20.9 Å². The van der Waals surface area contributed by atoms with Crippen LogP contribution in [0.4, 0.5) is 0 Å². The number of nitrogens with one attached hydrogen (secondary N) is 3. The van der Waals surface area contributed by atoms with Crippen LogP contribution in [-0.4, -0.2) is 81.6 Å². The highest BCUT2D eigenvalue weighted by molar-refractivity contribution is 7.13. The second-order valence-corrected chi connectivity index (χ2v) is 14.5. The Hall–Kier alpha value is -3.35. The Morgan fingerprint density at radius 2 is 1.62 bits per heavy atom. The molecular formula is C35H53N5O6S. The Morgan fingerprint density at radius 3 is 2.21 bits per heavy atom. The van der Waals surface area contributed by atoms with Crippen LogP contribution in [0.3, 0.4) is 0 Å². The van der Waals surface area contributed by atoms with Crippen molar-refractivity contribution in [1.82, 2.24) is 25.8 Å². The number of likely N-dealkylation sites (tertiary alicyclic amines) is 1. The fraction of sp³-hybridized carbons (Fsp3) is 0.629. The molecule has 1 aromatic heterocycles. The number of aromatic nitrogens is 1. The van der Waals surface area contributed by atoms with Gasteiger partial charge >= 0.3 is 0 Å². The molecule has 3 rings (SSSR count). The summed E-state index contributed by atoms with van der Waals surface area (Å²) in [6.45, 7) is 9.62. The van der Waals surface area contributed by atoms with E-state index in [4.69, 9.17) is 5.11 Å². The number of carbonyl (C=O) groups is 4. The van der Waals surface area contributed by atoms with Crippen LogP contribution in [-0.2, 0) is 19.2 Å². The van der Waals surface area contributed by atoms with E-state index in [0.29, 0.717) is 19.4 Å². The van der Waals surface area contributed by atoms with Gasteiger partial charge in [-0.2, -0.15) is 0 Å². The molecule has 0 bridgehead atoms. The van der Waals surface area contributed by atoms with Crippen molar-refractivity contribution in [2.45, 2.75) is 117 Å². The van der Waals surface area contributed by atoms with Crippen LogP contribution in [0.15, 0.2) is 29.8 Å². The summed E-state index contributed by atoms with van der Waals surface area (Å²) in [5, 5.41) is 27.8. The summed E-state index contributed by atoms with van der Waals surface area (Å²) in [6.07, 6.45) is 6.15. The molecule has 1 aromatic carbocycles. The van der Waals surface area contributed by atoms with E-state index in [1.807, 2.05) is 64.4 Å². The highest BCUT2D eigenvalue weighted by atomic mass is 32.1. The maximum absolute atomic E-state index is 13.9. The van der Waals surface area contributed by atoms with Crippen molar-refractivity contribution in [3.05, 3.63) is 41.0 Å². The number of benzene rings is 1. The van der Waals surface area contributed by atoms with E-state index in [-0.39, 0.29) is 42.6 Å². The SMILES string of the molecule is Cc1ncsc1-c1ccc([C@H](C)NC(=O)[C@@H]2C[C@@H](O)CN2C(=O)[C@@H](NC(=O)CCCCCCCCCNC(=O)CO)C(C)(C)C)cc1. The van der Waals surface area contributed by atoms with Gasteiger partial charge in [-0.1, -0.05) is 77.1 Å². The number of hydrogen-bond acceptors (Lipinski definition) is 8. The normalized spacial score (nSPS) is 17.6. The van der Waals surface area contributed by atoms with Crippen LogP contribution in [0.2, 0.25) is 0 Å². The molecular weight excluding hydrogens is 618 g/mol. The average molecular weight is 672 g/mol. The fourth-order valence-corrected chi connectivity index (χ4v) is 6.64. The van der Waals surface area contributed by atoms with Crippen molar-refractivity contribution in [2.24, 2.45) is 5.41 Å². The van der Waals surface area contributed by atoms with Gasteiger partial charge in [0.1, 0.15) is 18.7 Å². The van der Waals surface area contributed by atoms with Gasteiger partial charge in [0.2, 0.25) is 23.6 Å². The zero-order valence-electron chi connectivity index (χ0n) is 28.5. The van der Waals surface area contributed by atoms with Crippen LogP contribution < -0.4 is 16.0 Å². The molecule has 4 amide bonds. The third kappa shape index (κ3) is 11.7. The van der Waals surface area contributed by atoms with E-state index >= 15 is 0 Å². The molecule has 11 nitrogen and oxygen atoms in total. The van der Waals surface area contributed by atoms with Crippen LogP contribution in [0.25, 0.3) is 10.4 Å². The highest BCUT2D eigenvalue weighted by Gasteiger charge is 2.44. The van der Waals surface area contributed by atoms with Gasteiger partial charge in [-0.3, -0.25) is 19.2 Å². The molecule has 5 N–H and O–H groups in total. The number of aliphatic hydroxyl groups is 2. The van der Waals surface area contributed by atoms with E-state index < -0.39 is 30.2 Å².